The zero-order valence-electron chi connectivity index (χ0n) is 37.5. The number of hydrogen-bond acceptors (Lipinski definition) is 8. The minimum atomic E-state index is -2.88. The molecular formula is C50H72N4O5S. The van der Waals surface area contributed by atoms with E-state index < -0.39 is 21.2 Å². The molecule has 2 heterocycles. The molecule has 7 aliphatic rings. The number of nitrogens with one attached hydrogen (secondary N) is 1. The molecule has 328 valence electrons. The Morgan fingerprint density at radius 2 is 1.77 bits per heavy atom. The van der Waals surface area contributed by atoms with Crippen LogP contribution >= 0.6 is 0 Å². The van der Waals surface area contributed by atoms with E-state index in [4.69, 9.17) is 4.74 Å². The average molecular weight is 841 g/mol. The molecule has 0 amide bonds. The topological polar surface area (TPSA) is 133 Å². The fraction of sp³-hybridized carbons (Fsp3) is 0.740. The van der Waals surface area contributed by atoms with Crippen molar-refractivity contribution >= 4 is 15.8 Å². The number of pyridine rings is 1. The van der Waals surface area contributed by atoms with Crippen molar-refractivity contribution in [3.8, 4) is 6.07 Å². The third-order valence-electron chi connectivity index (χ3n) is 19.0. The Hall–Kier alpha value is -2.84. The Morgan fingerprint density at radius 3 is 2.45 bits per heavy atom. The van der Waals surface area contributed by atoms with E-state index >= 15 is 0 Å². The van der Waals surface area contributed by atoms with E-state index in [-0.39, 0.29) is 51.9 Å². The van der Waals surface area contributed by atoms with Crippen LogP contribution in [0.15, 0.2) is 53.8 Å². The second kappa shape index (κ2) is 15.7. The van der Waals surface area contributed by atoms with Crippen LogP contribution in [-0.4, -0.2) is 79.2 Å². The number of sulfone groups is 1. The van der Waals surface area contributed by atoms with Gasteiger partial charge in [-0.15, -0.1) is 0 Å². The van der Waals surface area contributed by atoms with Crippen LogP contribution in [0, 0.1) is 68.0 Å². The van der Waals surface area contributed by atoms with Crippen LogP contribution in [-0.2, 0) is 26.0 Å². The number of hydrogen-bond donors (Lipinski definition) is 2. The number of rotatable bonds is 11. The first kappa shape index (κ1) is 43.8. The number of nitrogens with zero attached hydrogens (tertiary/aromatic N) is 3. The molecule has 60 heavy (non-hydrogen) atoms. The van der Waals surface area contributed by atoms with Gasteiger partial charge in [0.25, 0.3) is 0 Å². The lowest BCUT2D eigenvalue weighted by Gasteiger charge is -2.72. The molecule has 0 radical (unpaired) electrons. The first-order valence-corrected chi connectivity index (χ1v) is 25.1. The molecule has 1 aromatic heterocycles. The summed E-state index contributed by atoms with van der Waals surface area (Å²) < 4.78 is 30.2. The number of carboxylic acid groups (broad SMARTS) is 1. The van der Waals surface area contributed by atoms with Crippen molar-refractivity contribution in [3.63, 3.8) is 0 Å². The second-order valence-electron chi connectivity index (χ2n) is 21.9. The Labute approximate surface area is 360 Å². The number of aromatic nitrogens is 1. The third kappa shape index (κ3) is 7.08. The second-order valence-corrected chi connectivity index (χ2v) is 24.2. The molecule has 2 N–H and O–H groups in total. The summed E-state index contributed by atoms with van der Waals surface area (Å²) in [5, 5.41) is 24.2. The molecule has 8 rings (SSSR count). The van der Waals surface area contributed by atoms with Crippen LogP contribution in [0.4, 0.5) is 0 Å². The Bertz CT molecular complexity index is 2080. The van der Waals surface area contributed by atoms with Gasteiger partial charge in [0.05, 0.1) is 41.4 Å². The smallest absolute Gasteiger partial charge is 0.312 e. The molecule has 0 spiro atoms. The van der Waals surface area contributed by atoms with Crippen molar-refractivity contribution in [1.82, 2.24) is 15.2 Å². The van der Waals surface area contributed by atoms with Gasteiger partial charge in [0.15, 0.2) is 9.84 Å². The van der Waals surface area contributed by atoms with Gasteiger partial charge in [0, 0.05) is 37.9 Å². The molecule has 10 atom stereocenters. The summed E-state index contributed by atoms with van der Waals surface area (Å²) >= 11 is 0. The van der Waals surface area contributed by atoms with E-state index in [1.54, 1.807) is 18.3 Å². The number of carbonyl (C=O) groups is 1. The Balaban J connectivity index is 0.990. The fourth-order valence-corrected chi connectivity index (χ4v) is 16.8. The molecular weight excluding hydrogens is 769 g/mol. The van der Waals surface area contributed by atoms with Gasteiger partial charge in [-0.1, -0.05) is 58.9 Å². The quantitative estimate of drug-likeness (QED) is 0.210. The minimum Gasteiger partial charge on any atom is -0.481 e. The number of fused-ring (bicyclic) bond motifs is 7. The minimum absolute atomic E-state index is 0.0228. The van der Waals surface area contributed by atoms with Gasteiger partial charge >= 0.3 is 5.97 Å². The van der Waals surface area contributed by atoms with Gasteiger partial charge in [-0.3, -0.25) is 9.78 Å². The summed E-state index contributed by atoms with van der Waals surface area (Å²) in [5.41, 5.74) is 4.91. The van der Waals surface area contributed by atoms with Crippen LogP contribution in [0.25, 0.3) is 0 Å². The average Bonchev–Trinajstić information content (AvgIpc) is 3.59. The zero-order valence-corrected chi connectivity index (χ0v) is 38.3. The molecule has 1 unspecified atom stereocenters. The van der Waals surface area contributed by atoms with Crippen molar-refractivity contribution in [2.24, 2.45) is 56.7 Å². The molecule has 1 saturated heterocycles. The van der Waals surface area contributed by atoms with Gasteiger partial charge in [-0.05, 0) is 159 Å². The highest BCUT2D eigenvalue weighted by molar-refractivity contribution is 7.91. The maximum Gasteiger partial charge on any atom is 0.312 e. The van der Waals surface area contributed by atoms with Crippen LogP contribution < -0.4 is 5.32 Å². The lowest BCUT2D eigenvalue weighted by molar-refractivity contribution is -0.221. The third-order valence-corrected chi connectivity index (χ3v) is 20.6. The molecule has 0 aromatic carbocycles. The van der Waals surface area contributed by atoms with E-state index in [9.17, 15) is 23.6 Å². The first-order chi connectivity index (χ1) is 28.3. The monoisotopic (exact) mass is 841 g/mol. The van der Waals surface area contributed by atoms with E-state index in [0.717, 1.165) is 25.9 Å². The number of nitriles is 1. The van der Waals surface area contributed by atoms with Gasteiger partial charge in [0.2, 0.25) is 0 Å². The number of allylic oxidation sites excluding steroid dienone is 5. The summed E-state index contributed by atoms with van der Waals surface area (Å²) in [7, 11) is -2.88. The predicted octanol–water partition coefficient (Wildman–Crippen LogP) is 8.92. The van der Waals surface area contributed by atoms with Crippen LogP contribution in [0.5, 0.6) is 0 Å². The summed E-state index contributed by atoms with van der Waals surface area (Å²) in [6, 6.07) is 5.59. The number of ether oxygens (including phenoxy) is 1. The number of carboxylic acids is 1. The molecule has 6 aliphatic carbocycles. The summed E-state index contributed by atoms with van der Waals surface area (Å²) in [4.78, 5) is 19.4. The summed E-state index contributed by atoms with van der Waals surface area (Å²) in [6.45, 7) is 23.3. The van der Waals surface area contributed by atoms with Gasteiger partial charge in [-0.2, -0.15) is 5.26 Å². The van der Waals surface area contributed by atoms with Gasteiger partial charge in [0.1, 0.15) is 6.07 Å². The fourth-order valence-electron chi connectivity index (χ4n) is 15.6. The lowest BCUT2D eigenvalue weighted by Crippen LogP contribution is -2.68. The van der Waals surface area contributed by atoms with Crippen molar-refractivity contribution in [2.45, 2.75) is 131 Å². The molecule has 9 nitrogen and oxygen atoms in total. The molecule has 5 fully saturated rings. The van der Waals surface area contributed by atoms with Crippen LogP contribution in [0.2, 0.25) is 0 Å². The molecule has 1 aromatic rings. The van der Waals surface area contributed by atoms with E-state index in [0.29, 0.717) is 66.8 Å². The Kier molecular flexibility index (Phi) is 11.5. The molecule has 10 heteroatoms. The normalized spacial score (nSPS) is 40.7. The standard InChI is InChI=1S/C50H72N4O5S/c1-34(2)37-14-21-50(53-25-26-54-27-29-60(57,58)30-28-54)23-22-47(6)39(43(37)50)10-11-42-46(5)17-15-38(45(3,4)41(46)16-18-48(42,47)7)35-12-19-49(20-13-35,44(55)56)33-59-32-40-36(31-51)9-8-24-52-40/h8-9,12,15,24,37,39,41-43,53H,1,10-11,13-14,16-23,25-30,32-33H2,2-7H3,(H,55,56)/t37-,39+,41-,42+,43+,46-,47+,48+,49?,50-/m0/s1. The highest BCUT2D eigenvalue weighted by Gasteiger charge is 2.70. The van der Waals surface area contributed by atoms with Crippen LogP contribution in [0.3, 0.4) is 0 Å². The molecule has 1 aliphatic heterocycles. The maximum absolute atomic E-state index is 12.8. The lowest BCUT2D eigenvalue weighted by atomic mass is 9.33. The van der Waals surface area contributed by atoms with Crippen molar-refractivity contribution in [3.05, 3.63) is 65.0 Å². The highest BCUT2D eigenvalue weighted by atomic mass is 32.2. The van der Waals surface area contributed by atoms with Crippen molar-refractivity contribution in [1.29, 1.82) is 5.26 Å². The van der Waals surface area contributed by atoms with Crippen molar-refractivity contribution < 1.29 is 23.1 Å². The molecule has 4 saturated carbocycles. The predicted molar refractivity (Wildman–Crippen MR) is 236 cm³/mol. The van der Waals surface area contributed by atoms with E-state index in [1.165, 1.54) is 68.1 Å². The largest absolute Gasteiger partial charge is 0.481 e. The summed E-state index contributed by atoms with van der Waals surface area (Å²) in [6.07, 6.45) is 19.1. The molecule has 0 bridgehead atoms. The SMILES string of the molecule is C=C(C)[C@@H]1CC[C@]2(NCCN3CCS(=O)(=O)CC3)CC[C@]3(C)[C@H](CC[C@@H]4[C@@]5(C)CC=C(C6=CCC(COCc7ncccc7C#N)(C(=O)O)CC6)C(C)(C)[C@@H]5CC[C@]43C)[C@@H]12. The first-order valence-electron chi connectivity index (χ1n) is 23.2. The summed E-state index contributed by atoms with van der Waals surface area (Å²) in [5.74, 6) is 2.72. The number of aliphatic carboxylic acids is 1. The van der Waals surface area contributed by atoms with Crippen LogP contribution in [0.1, 0.15) is 130 Å². The van der Waals surface area contributed by atoms with E-state index in [2.05, 4.69) is 81.5 Å². The van der Waals surface area contributed by atoms with E-state index in [1.807, 2.05) is 0 Å². The van der Waals surface area contributed by atoms with Gasteiger partial charge < -0.3 is 20.1 Å². The van der Waals surface area contributed by atoms with Gasteiger partial charge in [-0.25, -0.2) is 8.42 Å². The highest BCUT2D eigenvalue weighted by Crippen LogP contribution is 2.76. The zero-order chi connectivity index (χ0) is 42.9. The Morgan fingerprint density at radius 1 is 1.00 bits per heavy atom. The maximum atomic E-state index is 12.8. The van der Waals surface area contributed by atoms with Crippen molar-refractivity contribution in [2.75, 3.05) is 44.3 Å².